The van der Waals surface area contributed by atoms with Gasteiger partial charge in [0.1, 0.15) is 0 Å². The highest BCUT2D eigenvalue weighted by molar-refractivity contribution is 6.30. The van der Waals surface area contributed by atoms with E-state index in [2.05, 4.69) is 15.4 Å². The monoisotopic (exact) mass is 240 g/mol. The maximum absolute atomic E-state index is 10.9. The highest BCUT2D eigenvalue weighted by Crippen LogP contribution is 2.13. The van der Waals surface area contributed by atoms with Gasteiger partial charge < -0.3 is 10.4 Å². The maximum Gasteiger partial charge on any atom is 0.328 e. The quantitative estimate of drug-likeness (QED) is 0.827. The molecule has 2 heterocycles. The minimum atomic E-state index is -1.02. The number of carboxylic acids is 1. The number of aliphatic carboxylic acids is 1. The summed E-state index contributed by atoms with van der Waals surface area (Å²) in [6.07, 6.45) is 1.57. The summed E-state index contributed by atoms with van der Waals surface area (Å²) in [6, 6.07) is 2.43. The molecule has 2 aromatic heterocycles. The molecule has 7 heteroatoms. The van der Waals surface area contributed by atoms with Gasteiger partial charge in [0.2, 0.25) is 0 Å². The van der Waals surface area contributed by atoms with Crippen molar-refractivity contribution in [2.75, 3.05) is 7.05 Å². The molecule has 0 bridgehead atoms. The molecule has 0 fully saturated rings. The van der Waals surface area contributed by atoms with Crippen molar-refractivity contribution in [1.29, 1.82) is 0 Å². The zero-order valence-electron chi connectivity index (χ0n) is 8.38. The van der Waals surface area contributed by atoms with Crippen molar-refractivity contribution in [2.24, 2.45) is 0 Å². The molecule has 16 heavy (non-hydrogen) atoms. The summed E-state index contributed by atoms with van der Waals surface area (Å²) in [7, 11) is 1.54. The molecule has 84 valence electrons. The van der Waals surface area contributed by atoms with Crippen LogP contribution in [0.5, 0.6) is 0 Å². The fraction of sp³-hybridized carbons (Fsp3) is 0.222. The van der Waals surface area contributed by atoms with Crippen molar-refractivity contribution in [3.63, 3.8) is 0 Å². The Labute approximate surface area is 95.9 Å². The summed E-state index contributed by atoms with van der Waals surface area (Å²) in [6.45, 7) is 0. The van der Waals surface area contributed by atoms with Gasteiger partial charge in [0.25, 0.3) is 0 Å². The Morgan fingerprint density at radius 2 is 2.38 bits per heavy atom. The van der Waals surface area contributed by atoms with E-state index in [1.54, 1.807) is 18.3 Å². The standard InChI is InChI=1S/C9H9ClN4O2/c1-11-7(9(15)16)8-12-6-3-2-5(10)4-14(6)13-8/h2-4,7,11H,1H3,(H,15,16). The number of halogens is 1. The smallest absolute Gasteiger partial charge is 0.328 e. The zero-order chi connectivity index (χ0) is 11.7. The van der Waals surface area contributed by atoms with E-state index in [4.69, 9.17) is 16.7 Å². The first-order chi connectivity index (χ1) is 7.61. The predicted octanol–water partition coefficient (Wildman–Crippen LogP) is 0.728. The number of likely N-dealkylation sites (N-methyl/N-ethyl adjacent to an activating group) is 1. The van der Waals surface area contributed by atoms with Crippen LogP contribution in [0.2, 0.25) is 5.02 Å². The molecule has 0 aliphatic carbocycles. The van der Waals surface area contributed by atoms with Crippen LogP contribution in [0.25, 0.3) is 5.65 Å². The zero-order valence-corrected chi connectivity index (χ0v) is 9.14. The lowest BCUT2D eigenvalue weighted by Crippen LogP contribution is -2.26. The van der Waals surface area contributed by atoms with Gasteiger partial charge in [0.05, 0.1) is 5.02 Å². The Hall–Kier alpha value is -1.66. The average Bonchev–Trinajstić information content (AvgIpc) is 2.60. The number of carbonyl (C=O) groups is 1. The Kier molecular flexibility index (Phi) is 2.76. The van der Waals surface area contributed by atoms with Gasteiger partial charge in [-0.15, -0.1) is 5.10 Å². The van der Waals surface area contributed by atoms with Gasteiger partial charge in [-0.05, 0) is 19.2 Å². The topological polar surface area (TPSA) is 79.5 Å². The highest BCUT2D eigenvalue weighted by Gasteiger charge is 2.22. The van der Waals surface area contributed by atoms with E-state index in [9.17, 15) is 4.79 Å². The van der Waals surface area contributed by atoms with Crippen LogP contribution in [0, 0.1) is 0 Å². The molecule has 0 amide bonds. The molecule has 0 aromatic carbocycles. The third-order valence-corrected chi connectivity index (χ3v) is 2.33. The van der Waals surface area contributed by atoms with E-state index >= 15 is 0 Å². The fourth-order valence-electron chi connectivity index (χ4n) is 1.36. The molecule has 1 unspecified atom stereocenters. The molecule has 2 rings (SSSR count). The average molecular weight is 241 g/mol. The van der Waals surface area contributed by atoms with Crippen molar-refractivity contribution < 1.29 is 9.90 Å². The molecule has 0 aliphatic heterocycles. The number of carboxylic acid groups (broad SMARTS) is 1. The second kappa shape index (κ2) is 4.07. The van der Waals surface area contributed by atoms with Crippen LogP contribution in [0.4, 0.5) is 0 Å². The minimum absolute atomic E-state index is 0.206. The SMILES string of the molecule is CNC(C(=O)O)c1nc2ccc(Cl)cn2n1. The number of aromatic nitrogens is 3. The Morgan fingerprint density at radius 3 is 3.00 bits per heavy atom. The van der Waals surface area contributed by atoms with Crippen LogP contribution >= 0.6 is 11.6 Å². The molecule has 2 aromatic rings. The van der Waals surface area contributed by atoms with E-state index in [0.717, 1.165) is 0 Å². The van der Waals surface area contributed by atoms with Crippen LogP contribution < -0.4 is 5.32 Å². The Morgan fingerprint density at radius 1 is 1.62 bits per heavy atom. The lowest BCUT2D eigenvalue weighted by atomic mass is 10.3. The first-order valence-electron chi connectivity index (χ1n) is 4.53. The van der Waals surface area contributed by atoms with E-state index in [0.29, 0.717) is 10.7 Å². The second-order valence-corrected chi connectivity index (χ2v) is 3.62. The van der Waals surface area contributed by atoms with E-state index in [1.807, 2.05) is 0 Å². The number of fused-ring (bicyclic) bond motifs is 1. The third kappa shape index (κ3) is 1.84. The van der Waals surface area contributed by atoms with Crippen LogP contribution in [0.15, 0.2) is 18.3 Å². The van der Waals surface area contributed by atoms with Crippen molar-refractivity contribution in [3.8, 4) is 0 Å². The summed E-state index contributed by atoms with van der Waals surface area (Å²) in [5.74, 6) is -0.818. The van der Waals surface area contributed by atoms with Gasteiger partial charge in [-0.1, -0.05) is 11.6 Å². The maximum atomic E-state index is 10.9. The molecule has 6 nitrogen and oxygen atoms in total. The largest absolute Gasteiger partial charge is 0.480 e. The van der Waals surface area contributed by atoms with Crippen LogP contribution in [-0.4, -0.2) is 32.7 Å². The number of hydrogen-bond donors (Lipinski definition) is 2. The molecule has 0 aliphatic rings. The van der Waals surface area contributed by atoms with Gasteiger partial charge in [0.15, 0.2) is 17.5 Å². The molecule has 0 saturated heterocycles. The molecular weight excluding hydrogens is 232 g/mol. The van der Waals surface area contributed by atoms with E-state index in [1.165, 1.54) is 11.6 Å². The summed E-state index contributed by atoms with van der Waals surface area (Å²) in [5, 5.41) is 16.1. The van der Waals surface area contributed by atoms with Gasteiger partial charge in [-0.25, -0.2) is 9.50 Å². The van der Waals surface area contributed by atoms with Crippen molar-refractivity contribution >= 4 is 23.2 Å². The number of rotatable bonds is 3. The summed E-state index contributed by atoms with van der Waals surface area (Å²) in [4.78, 5) is 15.0. The van der Waals surface area contributed by atoms with E-state index in [-0.39, 0.29) is 5.82 Å². The first-order valence-corrected chi connectivity index (χ1v) is 4.91. The van der Waals surface area contributed by atoms with Crippen LogP contribution in [0.1, 0.15) is 11.9 Å². The predicted molar refractivity (Wildman–Crippen MR) is 57.4 cm³/mol. The molecule has 0 radical (unpaired) electrons. The van der Waals surface area contributed by atoms with Crippen molar-refractivity contribution in [1.82, 2.24) is 19.9 Å². The Balaban J connectivity index is 2.49. The van der Waals surface area contributed by atoms with E-state index < -0.39 is 12.0 Å². The number of hydrogen-bond acceptors (Lipinski definition) is 4. The van der Waals surface area contributed by atoms with Gasteiger partial charge in [0, 0.05) is 6.20 Å². The van der Waals surface area contributed by atoms with Crippen LogP contribution in [-0.2, 0) is 4.79 Å². The number of pyridine rings is 1. The van der Waals surface area contributed by atoms with Gasteiger partial charge >= 0.3 is 5.97 Å². The molecule has 1 atom stereocenters. The number of nitrogens with zero attached hydrogens (tertiary/aromatic N) is 3. The molecular formula is C9H9ClN4O2. The Bertz CT molecular complexity index is 539. The van der Waals surface area contributed by atoms with Gasteiger partial charge in [-0.3, -0.25) is 4.79 Å². The minimum Gasteiger partial charge on any atom is -0.480 e. The van der Waals surface area contributed by atoms with Crippen molar-refractivity contribution in [3.05, 3.63) is 29.2 Å². The fourth-order valence-corrected chi connectivity index (χ4v) is 1.52. The molecule has 0 saturated carbocycles. The summed E-state index contributed by atoms with van der Waals surface area (Å²) < 4.78 is 1.45. The summed E-state index contributed by atoms with van der Waals surface area (Å²) >= 11 is 5.78. The van der Waals surface area contributed by atoms with Gasteiger partial charge in [-0.2, -0.15) is 0 Å². The second-order valence-electron chi connectivity index (χ2n) is 3.18. The molecule has 2 N–H and O–H groups in total. The third-order valence-electron chi connectivity index (χ3n) is 2.11. The van der Waals surface area contributed by atoms with Crippen LogP contribution in [0.3, 0.4) is 0 Å². The summed E-state index contributed by atoms with van der Waals surface area (Å²) in [5.41, 5.74) is 0.556. The first kappa shape index (κ1) is 10.8. The lowest BCUT2D eigenvalue weighted by Gasteiger charge is -2.04. The van der Waals surface area contributed by atoms with Crippen molar-refractivity contribution in [2.45, 2.75) is 6.04 Å². The number of nitrogens with one attached hydrogen (secondary N) is 1. The lowest BCUT2D eigenvalue weighted by molar-refractivity contribution is -0.139. The normalized spacial score (nSPS) is 12.9. The highest BCUT2D eigenvalue weighted by atomic mass is 35.5. The molecule has 0 spiro atoms.